The van der Waals surface area contributed by atoms with Gasteiger partial charge < -0.3 is 19.3 Å². The van der Waals surface area contributed by atoms with E-state index < -0.39 is 0 Å². The van der Waals surface area contributed by atoms with E-state index >= 15 is 0 Å². The van der Waals surface area contributed by atoms with Gasteiger partial charge in [0.05, 0.1) is 18.0 Å². The third kappa shape index (κ3) is 4.55. The Morgan fingerprint density at radius 3 is 2.88 bits per heavy atom. The van der Waals surface area contributed by atoms with Gasteiger partial charge in [0, 0.05) is 37.8 Å². The molecule has 3 heterocycles. The zero-order valence-electron chi connectivity index (χ0n) is 15.2. The summed E-state index contributed by atoms with van der Waals surface area (Å²) in [6.07, 6.45) is 2.93. The lowest BCUT2D eigenvalue weighted by Gasteiger charge is -2.12. The van der Waals surface area contributed by atoms with Gasteiger partial charge in [-0.25, -0.2) is 9.97 Å². The quantitative estimate of drug-likeness (QED) is 0.736. The summed E-state index contributed by atoms with van der Waals surface area (Å²) >= 11 is 0. The van der Waals surface area contributed by atoms with Gasteiger partial charge in [-0.2, -0.15) is 0 Å². The van der Waals surface area contributed by atoms with Crippen LogP contribution in [0.15, 0.2) is 10.6 Å². The van der Waals surface area contributed by atoms with Crippen molar-refractivity contribution < 1.29 is 14.0 Å². The minimum Gasteiger partial charge on any atom is -0.381 e. The molecule has 0 unspecified atom stereocenters. The summed E-state index contributed by atoms with van der Waals surface area (Å²) in [5.74, 6) is 2.81. The summed E-state index contributed by atoms with van der Waals surface area (Å²) in [6, 6.07) is 2.04. The summed E-state index contributed by atoms with van der Waals surface area (Å²) in [6.45, 7) is 6.71. The van der Waals surface area contributed by atoms with Gasteiger partial charge >= 0.3 is 0 Å². The van der Waals surface area contributed by atoms with Gasteiger partial charge in [0.15, 0.2) is 5.82 Å². The highest BCUT2D eigenvalue weighted by molar-refractivity contribution is 5.37. The molecule has 1 N–H and O–H groups in total. The molecule has 25 heavy (non-hydrogen) atoms. The first-order chi connectivity index (χ1) is 12.2. The molecule has 1 saturated heterocycles. The van der Waals surface area contributed by atoms with Crippen LogP contribution in [0.4, 0.5) is 5.82 Å². The number of ether oxygens (including phenoxy) is 2. The molecule has 7 nitrogen and oxygen atoms in total. The lowest BCUT2D eigenvalue weighted by Crippen LogP contribution is -2.11. The molecule has 136 valence electrons. The van der Waals surface area contributed by atoms with Gasteiger partial charge in [-0.15, -0.1) is 0 Å². The lowest BCUT2D eigenvalue weighted by molar-refractivity contribution is 0.177. The summed E-state index contributed by atoms with van der Waals surface area (Å²) in [4.78, 5) is 9.17. The Balaban J connectivity index is 1.60. The Morgan fingerprint density at radius 2 is 2.20 bits per heavy atom. The molecule has 3 rings (SSSR count). The zero-order valence-corrected chi connectivity index (χ0v) is 15.2. The van der Waals surface area contributed by atoms with E-state index in [-0.39, 0.29) is 0 Å². The maximum absolute atomic E-state index is 5.49. The largest absolute Gasteiger partial charge is 0.381 e. The van der Waals surface area contributed by atoms with Crippen LogP contribution < -0.4 is 5.32 Å². The Labute approximate surface area is 148 Å². The molecular formula is C18H26N4O3. The van der Waals surface area contributed by atoms with Crippen LogP contribution in [0.2, 0.25) is 0 Å². The maximum atomic E-state index is 5.49. The SMILES string of the molecule is COCc1nc(NCCCc2c(C)noc2C)cc([C@@H]2CCOC2)n1. The van der Waals surface area contributed by atoms with Gasteiger partial charge in [-0.05, 0) is 33.1 Å². The first-order valence-electron chi connectivity index (χ1n) is 8.77. The summed E-state index contributed by atoms with van der Waals surface area (Å²) in [7, 11) is 1.66. The molecule has 0 saturated carbocycles. The average molecular weight is 346 g/mol. The van der Waals surface area contributed by atoms with Crippen LogP contribution in [0.5, 0.6) is 0 Å². The molecule has 1 fully saturated rings. The number of nitrogens with zero attached hydrogens (tertiary/aromatic N) is 3. The topological polar surface area (TPSA) is 82.3 Å². The maximum Gasteiger partial charge on any atom is 0.156 e. The Kier molecular flexibility index (Phi) is 5.99. The van der Waals surface area contributed by atoms with Crippen molar-refractivity contribution in [2.24, 2.45) is 0 Å². The lowest BCUT2D eigenvalue weighted by atomic mass is 10.0. The highest BCUT2D eigenvalue weighted by Crippen LogP contribution is 2.25. The fourth-order valence-corrected chi connectivity index (χ4v) is 3.12. The number of methoxy groups -OCH3 is 1. The second-order valence-corrected chi connectivity index (χ2v) is 6.42. The molecule has 0 aromatic carbocycles. The molecule has 1 aliphatic rings. The number of aryl methyl sites for hydroxylation is 2. The molecule has 1 atom stereocenters. The van der Waals surface area contributed by atoms with Crippen LogP contribution in [0.3, 0.4) is 0 Å². The predicted molar refractivity (Wildman–Crippen MR) is 93.7 cm³/mol. The van der Waals surface area contributed by atoms with Gasteiger partial charge in [0.2, 0.25) is 0 Å². The summed E-state index contributed by atoms with van der Waals surface area (Å²) in [5, 5.41) is 7.41. The molecule has 1 aliphatic heterocycles. The number of anilines is 1. The molecule has 0 radical (unpaired) electrons. The number of hydrogen-bond acceptors (Lipinski definition) is 7. The number of nitrogens with one attached hydrogen (secondary N) is 1. The van der Waals surface area contributed by atoms with Crippen LogP contribution in [-0.4, -0.2) is 42.0 Å². The standard InChI is InChI=1S/C18H26N4O3/c1-12-15(13(2)25-22-12)5-4-7-19-17-9-16(14-6-8-24-10-14)20-18(21-17)11-23-3/h9,14H,4-8,10-11H2,1-3H3,(H,19,20,21)/t14-/m1/s1. The minimum atomic E-state index is 0.349. The Morgan fingerprint density at radius 1 is 1.32 bits per heavy atom. The highest BCUT2D eigenvalue weighted by Gasteiger charge is 2.20. The Hall–Kier alpha value is -1.99. The third-order valence-electron chi connectivity index (χ3n) is 4.50. The van der Waals surface area contributed by atoms with Crippen LogP contribution in [-0.2, 0) is 22.5 Å². The van der Waals surface area contributed by atoms with Crippen molar-refractivity contribution in [3.8, 4) is 0 Å². The van der Waals surface area contributed by atoms with E-state index in [0.29, 0.717) is 18.3 Å². The number of rotatable bonds is 8. The molecular weight excluding hydrogens is 320 g/mol. The van der Waals surface area contributed by atoms with Gasteiger partial charge in [-0.3, -0.25) is 0 Å². The van der Waals surface area contributed by atoms with Crippen LogP contribution in [0.25, 0.3) is 0 Å². The molecule has 0 aliphatic carbocycles. The van der Waals surface area contributed by atoms with E-state index in [0.717, 1.165) is 62.0 Å². The predicted octanol–water partition coefficient (Wildman–Crippen LogP) is 2.78. The van der Waals surface area contributed by atoms with Crippen molar-refractivity contribution in [2.75, 3.05) is 32.2 Å². The van der Waals surface area contributed by atoms with Crippen LogP contribution >= 0.6 is 0 Å². The third-order valence-corrected chi connectivity index (χ3v) is 4.50. The van der Waals surface area contributed by atoms with Gasteiger partial charge in [0.1, 0.15) is 18.2 Å². The van der Waals surface area contributed by atoms with E-state index in [9.17, 15) is 0 Å². The van der Waals surface area contributed by atoms with E-state index in [1.165, 1.54) is 5.56 Å². The number of aromatic nitrogens is 3. The molecule has 2 aromatic heterocycles. The van der Waals surface area contributed by atoms with Crippen molar-refractivity contribution in [1.82, 2.24) is 15.1 Å². The van der Waals surface area contributed by atoms with Crippen LogP contribution in [0, 0.1) is 13.8 Å². The van der Waals surface area contributed by atoms with Crippen molar-refractivity contribution in [3.05, 3.63) is 34.6 Å². The Bertz CT molecular complexity index is 676. The van der Waals surface area contributed by atoms with E-state index in [1.807, 2.05) is 19.9 Å². The monoisotopic (exact) mass is 346 g/mol. The van der Waals surface area contributed by atoms with E-state index in [4.69, 9.17) is 14.0 Å². The van der Waals surface area contributed by atoms with Crippen LogP contribution in [0.1, 0.15) is 47.3 Å². The molecule has 7 heteroatoms. The highest BCUT2D eigenvalue weighted by atomic mass is 16.5. The fourth-order valence-electron chi connectivity index (χ4n) is 3.12. The first-order valence-corrected chi connectivity index (χ1v) is 8.77. The van der Waals surface area contributed by atoms with Crippen molar-refractivity contribution in [3.63, 3.8) is 0 Å². The molecule has 0 amide bonds. The zero-order chi connectivity index (χ0) is 17.6. The average Bonchev–Trinajstić information content (AvgIpc) is 3.24. The molecule has 0 bridgehead atoms. The first kappa shape index (κ1) is 17.8. The van der Waals surface area contributed by atoms with E-state index in [1.54, 1.807) is 7.11 Å². The molecule has 2 aromatic rings. The number of hydrogen-bond donors (Lipinski definition) is 1. The minimum absolute atomic E-state index is 0.349. The van der Waals surface area contributed by atoms with Crippen molar-refractivity contribution in [2.45, 2.75) is 45.6 Å². The van der Waals surface area contributed by atoms with Gasteiger partial charge in [-0.1, -0.05) is 5.16 Å². The molecule has 0 spiro atoms. The second-order valence-electron chi connectivity index (χ2n) is 6.42. The summed E-state index contributed by atoms with van der Waals surface area (Å²) in [5.41, 5.74) is 3.21. The smallest absolute Gasteiger partial charge is 0.156 e. The van der Waals surface area contributed by atoms with Crippen molar-refractivity contribution >= 4 is 5.82 Å². The van der Waals surface area contributed by atoms with E-state index in [2.05, 4.69) is 20.4 Å². The fraction of sp³-hybridized carbons (Fsp3) is 0.611. The second kappa shape index (κ2) is 8.40. The summed E-state index contributed by atoms with van der Waals surface area (Å²) < 4.78 is 15.9. The normalized spacial score (nSPS) is 17.2. The van der Waals surface area contributed by atoms with Crippen molar-refractivity contribution in [1.29, 1.82) is 0 Å². The van der Waals surface area contributed by atoms with Gasteiger partial charge in [0.25, 0.3) is 0 Å².